The topological polar surface area (TPSA) is 113 Å². The normalized spacial score (nSPS) is 15.3. The molecule has 0 saturated carbocycles. The highest BCUT2D eigenvalue weighted by atomic mass is 32.2. The van der Waals surface area contributed by atoms with Crippen molar-refractivity contribution in [3.8, 4) is 0 Å². The SMILES string of the molecule is CCc1nc(N2CCN(S(=O)(=O)c3ccc(NC(C)=O)cc3)CC2)c2c(n1)c(C)nn2C. The van der Waals surface area contributed by atoms with Crippen LogP contribution in [0.1, 0.15) is 25.4 Å². The molecule has 0 spiro atoms. The fourth-order valence-corrected chi connectivity index (χ4v) is 5.36. The van der Waals surface area contributed by atoms with Gasteiger partial charge >= 0.3 is 0 Å². The molecule has 1 N–H and O–H groups in total. The van der Waals surface area contributed by atoms with Gasteiger partial charge in [-0.25, -0.2) is 18.4 Å². The molecule has 32 heavy (non-hydrogen) atoms. The maximum absolute atomic E-state index is 13.1. The van der Waals surface area contributed by atoms with Crippen LogP contribution in [0.15, 0.2) is 29.2 Å². The Labute approximate surface area is 187 Å². The van der Waals surface area contributed by atoms with E-state index in [4.69, 9.17) is 4.98 Å². The Hall–Kier alpha value is -3.05. The Balaban J connectivity index is 1.55. The summed E-state index contributed by atoms with van der Waals surface area (Å²) in [5.41, 5.74) is 3.12. The van der Waals surface area contributed by atoms with Gasteiger partial charge in [0.05, 0.1) is 10.6 Å². The number of hydrogen-bond donors (Lipinski definition) is 1. The second kappa shape index (κ2) is 8.47. The van der Waals surface area contributed by atoms with Crippen LogP contribution in [-0.2, 0) is 28.3 Å². The molecule has 0 bridgehead atoms. The summed E-state index contributed by atoms with van der Waals surface area (Å²) < 4.78 is 29.5. The minimum Gasteiger partial charge on any atom is -0.352 e. The molecule has 170 valence electrons. The number of sulfonamides is 1. The smallest absolute Gasteiger partial charge is 0.243 e. The van der Waals surface area contributed by atoms with Gasteiger partial charge in [0.2, 0.25) is 15.9 Å². The minimum absolute atomic E-state index is 0.203. The van der Waals surface area contributed by atoms with E-state index in [-0.39, 0.29) is 10.8 Å². The second-order valence-corrected chi connectivity index (χ2v) is 9.76. The van der Waals surface area contributed by atoms with Gasteiger partial charge in [0, 0.05) is 52.3 Å². The van der Waals surface area contributed by atoms with Crippen molar-refractivity contribution in [1.29, 1.82) is 0 Å². The van der Waals surface area contributed by atoms with E-state index in [0.717, 1.165) is 28.4 Å². The van der Waals surface area contributed by atoms with E-state index in [0.29, 0.717) is 38.3 Å². The molecule has 2 aromatic heterocycles. The van der Waals surface area contributed by atoms with Crippen LogP contribution in [0.3, 0.4) is 0 Å². The molecule has 0 atom stereocenters. The van der Waals surface area contributed by atoms with Gasteiger partial charge in [0.15, 0.2) is 5.82 Å². The molecule has 1 aliphatic rings. The molecule has 10 nitrogen and oxygen atoms in total. The molecule has 1 fully saturated rings. The Morgan fingerprint density at radius 3 is 2.34 bits per heavy atom. The average Bonchev–Trinajstić information content (AvgIpc) is 3.06. The Bertz CT molecular complexity index is 1260. The zero-order valence-electron chi connectivity index (χ0n) is 18.7. The lowest BCUT2D eigenvalue weighted by Crippen LogP contribution is -2.49. The predicted molar refractivity (Wildman–Crippen MR) is 122 cm³/mol. The summed E-state index contributed by atoms with van der Waals surface area (Å²) in [4.78, 5) is 22.9. The highest BCUT2D eigenvalue weighted by Gasteiger charge is 2.30. The summed E-state index contributed by atoms with van der Waals surface area (Å²) in [5.74, 6) is 1.34. The summed E-state index contributed by atoms with van der Waals surface area (Å²) in [6.45, 7) is 7.08. The van der Waals surface area contributed by atoms with Crippen LogP contribution in [0.2, 0.25) is 0 Å². The standard InChI is InChI=1S/C21H27N7O3S/c1-5-18-23-19-14(2)25-26(4)20(19)21(24-18)27-10-12-28(13-11-27)32(30,31)17-8-6-16(7-9-17)22-15(3)29/h6-9H,5,10-13H2,1-4H3,(H,22,29). The molecule has 0 radical (unpaired) electrons. The van der Waals surface area contributed by atoms with Crippen molar-refractivity contribution in [1.82, 2.24) is 24.1 Å². The van der Waals surface area contributed by atoms with Crippen LogP contribution < -0.4 is 10.2 Å². The first kappa shape index (κ1) is 22.2. The molecule has 3 aromatic rings. The molecule has 1 saturated heterocycles. The van der Waals surface area contributed by atoms with Gasteiger partial charge < -0.3 is 10.2 Å². The van der Waals surface area contributed by atoms with Gasteiger partial charge in [-0.2, -0.15) is 9.40 Å². The van der Waals surface area contributed by atoms with Crippen LogP contribution in [0.25, 0.3) is 11.0 Å². The van der Waals surface area contributed by atoms with Crippen molar-refractivity contribution in [2.45, 2.75) is 32.1 Å². The van der Waals surface area contributed by atoms with Gasteiger partial charge in [-0.1, -0.05) is 6.92 Å². The van der Waals surface area contributed by atoms with Gasteiger partial charge in [-0.3, -0.25) is 9.48 Å². The number of aryl methyl sites for hydroxylation is 3. The lowest BCUT2D eigenvalue weighted by Gasteiger charge is -2.35. The predicted octanol–water partition coefficient (Wildman–Crippen LogP) is 1.70. The van der Waals surface area contributed by atoms with Gasteiger partial charge in [0.1, 0.15) is 16.9 Å². The van der Waals surface area contributed by atoms with E-state index in [1.807, 2.05) is 20.9 Å². The lowest BCUT2D eigenvalue weighted by molar-refractivity contribution is -0.114. The van der Waals surface area contributed by atoms with E-state index in [2.05, 4.69) is 20.3 Å². The number of rotatable bonds is 5. The largest absolute Gasteiger partial charge is 0.352 e. The first-order valence-electron chi connectivity index (χ1n) is 10.5. The highest BCUT2D eigenvalue weighted by Crippen LogP contribution is 2.28. The average molecular weight is 458 g/mol. The monoisotopic (exact) mass is 457 g/mol. The van der Waals surface area contributed by atoms with Crippen LogP contribution in [0, 0.1) is 6.92 Å². The van der Waals surface area contributed by atoms with Gasteiger partial charge in [-0.05, 0) is 31.2 Å². The van der Waals surface area contributed by atoms with Crippen molar-refractivity contribution < 1.29 is 13.2 Å². The molecule has 0 aliphatic carbocycles. The lowest BCUT2D eigenvalue weighted by atomic mass is 10.3. The fourth-order valence-electron chi connectivity index (χ4n) is 3.94. The third kappa shape index (κ3) is 4.05. The number of carbonyl (C=O) groups is 1. The fraction of sp³-hybridized carbons (Fsp3) is 0.429. The molecule has 1 amide bonds. The summed E-state index contributed by atoms with van der Waals surface area (Å²) in [6, 6.07) is 6.23. The first-order valence-corrected chi connectivity index (χ1v) is 12.0. The maximum Gasteiger partial charge on any atom is 0.243 e. The number of benzene rings is 1. The zero-order chi connectivity index (χ0) is 23.0. The number of anilines is 2. The molecule has 1 aliphatic heterocycles. The number of aromatic nitrogens is 4. The number of nitrogens with zero attached hydrogens (tertiary/aromatic N) is 6. The molecule has 1 aromatic carbocycles. The second-order valence-electron chi connectivity index (χ2n) is 7.82. The van der Waals surface area contributed by atoms with Crippen LogP contribution in [0.4, 0.5) is 11.5 Å². The molecule has 11 heteroatoms. The highest BCUT2D eigenvalue weighted by molar-refractivity contribution is 7.89. The molecular weight excluding hydrogens is 430 g/mol. The van der Waals surface area contributed by atoms with E-state index in [1.54, 1.807) is 16.8 Å². The van der Waals surface area contributed by atoms with Crippen molar-refractivity contribution in [3.05, 3.63) is 35.8 Å². The van der Waals surface area contributed by atoms with Crippen molar-refractivity contribution >= 4 is 38.5 Å². The first-order chi connectivity index (χ1) is 15.2. The third-order valence-electron chi connectivity index (χ3n) is 5.55. The van der Waals surface area contributed by atoms with E-state index < -0.39 is 10.0 Å². The van der Waals surface area contributed by atoms with Crippen molar-refractivity contribution in [2.75, 3.05) is 36.4 Å². The molecule has 4 rings (SSSR count). The van der Waals surface area contributed by atoms with E-state index >= 15 is 0 Å². The van der Waals surface area contributed by atoms with Gasteiger partial charge in [-0.15, -0.1) is 0 Å². The van der Waals surface area contributed by atoms with E-state index in [9.17, 15) is 13.2 Å². The Morgan fingerprint density at radius 1 is 1.09 bits per heavy atom. The van der Waals surface area contributed by atoms with Crippen molar-refractivity contribution in [2.24, 2.45) is 7.05 Å². The number of fused-ring (bicyclic) bond motifs is 1. The Morgan fingerprint density at radius 2 is 1.75 bits per heavy atom. The van der Waals surface area contributed by atoms with Crippen LogP contribution in [0.5, 0.6) is 0 Å². The van der Waals surface area contributed by atoms with Gasteiger partial charge in [0.25, 0.3) is 0 Å². The third-order valence-corrected chi connectivity index (χ3v) is 7.46. The van der Waals surface area contributed by atoms with Crippen molar-refractivity contribution in [3.63, 3.8) is 0 Å². The maximum atomic E-state index is 13.1. The molecule has 0 unspecified atom stereocenters. The number of hydrogen-bond acceptors (Lipinski definition) is 7. The summed E-state index contributed by atoms with van der Waals surface area (Å²) in [6.07, 6.45) is 0.708. The van der Waals surface area contributed by atoms with Crippen LogP contribution in [-0.4, -0.2) is 64.6 Å². The summed E-state index contributed by atoms with van der Waals surface area (Å²) in [5, 5.41) is 7.14. The summed E-state index contributed by atoms with van der Waals surface area (Å²) >= 11 is 0. The number of nitrogens with one attached hydrogen (secondary N) is 1. The zero-order valence-corrected chi connectivity index (χ0v) is 19.5. The van der Waals surface area contributed by atoms with Crippen LogP contribution >= 0.6 is 0 Å². The molecule has 3 heterocycles. The van der Waals surface area contributed by atoms with E-state index in [1.165, 1.54) is 23.4 Å². The quantitative estimate of drug-likeness (QED) is 0.620. The Kier molecular flexibility index (Phi) is 5.87. The summed E-state index contributed by atoms with van der Waals surface area (Å²) in [7, 11) is -1.75. The minimum atomic E-state index is -3.63. The number of piperazine rings is 1. The number of carbonyl (C=O) groups excluding carboxylic acids is 1. The number of amides is 1. The molecular formula is C21H27N7O3S.